The zero-order valence-electron chi connectivity index (χ0n) is 47.2. The van der Waals surface area contributed by atoms with Crippen LogP contribution in [0, 0.1) is 0 Å². The Hall–Kier alpha value is -2.87. The second-order valence-electron chi connectivity index (χ2n) is 22.1. The Morgan fingerprint density at radius 1 is 0.310 bits per heavy atom. The van der Waals surface area contributed by atoms with Gasteiger partial charge in [0.25, 0.3) is 0 Å². The number of aliphatic hydroxyl groups excluding tert-OH is 19. The van der Waals surface area contributed by atoms with E-state index in [1.165, 1.54) is 6.92 Å². The Labute approximate surface area is 494 Å². The molecule has 7 heterocycles. The first-order valence-corrected chi connectivity index (χ1v) is 27.9. The molecule has 7 aliphatic rings. The second kappa shape index (κ2) is 31.2. The van der Waals surface area contributed by atoms with Gasteiger partial charge in [-0.05, 0) is 6.92 Å². The maximum Gasteiger partial charge on any atom is 0.217 e. The molecule has 22 N–H and O–H groups in total. The SMILES string of the molecule is CC(=O)NC1[C@H](OC2C(O)[C@@H](O)[C@@H](CO)O[C@H]2O[C@@H]2C(O)[C@H](O[C@H]3C(CO)O[C@@H](O[C@H]4C(CO)O[C@@H](C)C(NC(C)=O)[C@H]4O)C(NC(C)=O)[C@H]3O)OC(CO[C@@H]3OC(CO)[C@H](O)[C@H](O)C3O)[C@@H]2O)OC(CO)[C@H](O[C@@H]2OC(CO)[C@H](O)[C@H](O)C2O)[C@@H]1O. The van der Waals surface area contributed by atoms with Gasteiger partial charge in [0.2, 0.25) is 17.7 Å². The predicted molar refractivity (Wildman–Crippen MR) is 270 cm³/mol. The molecular formula is C49H83N3O35. The van der Waals surface area contributed by atoms with Gasteiger partial charge in [0.15, 0.2) is 37.7 Å². The summed E-state index contributed by atoms with van der Waals surface area (Å²) in [5, 5.41) is 215. The Balaban J connectivity index is 1.20. The predicted octanol–water partition coefficient (Wildman–Crippen LogP) is -14.8. The van der Waals surface area contributed by atoms with Gasteiger partial charge < -0.3 is 175 Å². The summed E-state index contributed by atoms with van der Waals surface area (Å²) in [7, 11) is 0. The van der Waals surface area contributed by atoms with E-state index in [1.54, 1.807) is 0 Å². The highest BCUT2D eigenvalue weighted by molar-refractivity contribution is 5.74. The first kappa shape index (κ1) is 71.6. The summed E-state index contributed by atoms with van der Waals surface area (Å²) in [6.07, 6.45) is -61.2. The first-order chi connectivity index (χ1) is 41.1. The largest absolute Gasteiger partial charge is 0.394 e. The summed E-state index contributed by atoms with van der Waals surface area (Å²) in [6, 6.07) is -4.73. The number of aliphatic hydroxyl groups is 19. The average Bonchev–Trinajstić information content (AvgIpc) is 1.27. The van der Waals surface area contributed by atoms with Gasteiger partial charge in [-0.2, -0.15) is 0 Å². The minimum absolute atomic E-state index is 0.582. The van der Waals surface area contributed by atoms with Gasteiger partial charge in [0, 0.05) is 20.8 Å². The number of carbonyl (C=O) groups excluding carboxylic acids is 3. The van der Waals surface area contributed by atoms with Crippen LogP contribution in [-0.2, 0) is 76.0 Å². The Kier molecular flexibility index (Phi) is 25.6. The zero-order valence-corrected chi connectivity index (χ0v) is 47.2. The molecule has 0 spiro atoms. The van der Waals surface area contributed by atoms with Gasteiger partial charge in [-0.3, -0.25) is 14.4 Å². The number of carbonyl (C=O) groups is 3. The second-order valence-corrected chi connectivity index (χ2v) is 22.1. The van der Waals surface area contributed by atoms with Gasteiger partial charge >= 0.3 is 0 Å². The van der Waals surface area contributed by atoms with Crippen LogP contribution >= 0.6 is 0 Å². The first-order valence-electron chi connectivity index (χ1n) is 27.9. The maximum absolute atomic E-state index is 12.8. The van der Waals surface area contributed by atoms with Crippen LogP contribution in [0.5, 0.6) is 0 Å². The topological polar surface area (TPSA) is 592 Å². The lowest BCUT2D eigenvalue weighted by molar-refractivity contribution is -0.397. The molecule has 7 saturated heterocycles. The molecule has 0 bridgehead atoms. The van der Waals surface area contributed by atoms with Crippen molar-refractivity contribution in [3.05, 3.63) is 0 Å². The summed E-state index contributed by atoms with van der Waals surface area (Å²) >= 11 is 0. The molecule has 7 fully saturated rings. The lowest BCUT2D eigenvalue weighted by Crippen LogP contribution is -2.70. The van der Waals surface area contributed by atoms with E-state index in [0.29, 0.717) is 0 Å². The van der Waals surface area contributed by atoms with Gasteiger partial charge in [-0.15, -0.1) is 0 Å². The maximum atomic E-state index is 12.8. The molecule has 38 nitrogen and oxygen atoms in total. The zero-order chi connectivity index (χ0) is 64.2. The van der Waals surface area contributed by atoms with Crippen molar-refractivity contribution in [3.8, 4) is 0 Å². The molecule has 0 aromatic heterocycles. The summed E-state index contributed by atoms with van der Waals surface area (Å²) in [6.45, 7) is -2.12. The van der Waals surface area contributed by atoms with Crippen molar-refractivity contribution in [2.24, 2.45) is 0 Å². The van der Waals surface area contributed by atoms with E-state index in [2.05, 4.69) is 16.0 Å². The van der Waals surface area contributed by atoms with E-state index in [-0.39, 0.29) is 0 Å². The van der Waals surface area contributed by atoms with Gasteiger partial charge in [0.1, 0.15) is 165 Å². The molecule has 0 saturated carbocycles. The fourth-order valence-corrected chi connectivity index (χ4v) is 11.3. The van der Waals surface area contributed by atoms with E-state index in [1.807, 2.05) is 0 Å². The molecule has 7 rings (SSSR count). The smallest absolute Gasteiger partial charge is 0.217 e. The third-order valence-corrected chi connectivity index (χ3v) is 16.0. The molecular weight excluding hydrogens is 1190 g/mol. The quantitative estimate of drug-likeness (QED) is 0.0479. The molecule has 14 unspecified atom stereocenters. The number of ether oxygens (including phenoxy) is 13. The summed E-state index contributed by atoms with van der Waals surface area (Å²) in [5.41, 5.74) is 0. The normalized spacial score (nSPS) is 48.9. The minimum Gasteiger partial charge on any atom is -0.394 e. The van der Waals surface area contributed by atoms with Gasteiger partial charge in [0.05, 0.1) is 58.4 Å². The molecule has 7 aliphatic heterocycles. The third kappa shape index (κ3) is 15.8. The number of hydrogen-bond donors (Lipinski definition) is 22. The van der Waals surface area contributed by atoms with Crippen molar-refractivity contribution in [1.82, 2.24) is 16.0 Å². The molecule has 35 atom stereocenters. The monoisotopic (exact) mass is 1270 g/mol. The number of hydrogen-bond acceptors (Lipinski definition) is 35. The van der Waals surface area contributed by atoms with Crippen LogP contribution in [0.1, 0.15) is 27.7 Å². The summed E-state index contributed by atoms with van der Waals surface area (Å²) in [5.74, 6) is -2.31. The van der Waals surface area contributed by atoms with Crippen LogP contribution in [-0.4, -0.2) is 376 Å². The molecule has 87 heavy (non-hydrogen) atoms. The molecule has 0 aromatic rings. The third-order valence-electron chi connectivity index (χ3n) is 16.0. The molecule has 3 amide bonds. The van der Waals surface area contributed by atoms with Crippen molar-refractivity contribution in [1.29, 1.82) is 0 Å². The van der Waals surface area contributed by atoms with E-state index >= 15 is 0 Å². The molecule has 38 heteroatoms. The highest BCUT2D eigenvalue weighted by atomic mass is 16.8. The van der Waals surface area contributed by atoms with E-state index < -0.39 is 279 Å². The van der Waals surface area contributed by atoms with Crippen LogP contribution in [0.3, 0.4) is 0 Å². The summed E-state index contributed by atoms with van der Waals surface area (Å²) in [4.78, 5) is 37.6. The van der Waals surface area contributed by atoms with Crippen molar-refractivity contribution in [2.45, 2.75) is 242 Å². The van der Waals surface area contributed by atoms with Crippen LogP contribution in [0.2, 0.25) is 0 Å². The highest BCUT2D eigenvalue weighted by Crippen LogP contribution is 2.38. The Morgan fingerprint density at radius 3 is 1.08 bits per heavy atom. The Morgan fingerprint density at radius 2 is 0.632 bits per heavy atom. The minimum atomic E-state index is -2.39. The van der Waals surface area contributed by atoms with Crippen LogP contribution < -0.4 is 16.0 Å². The van der Waals surface area contributed by atoms with Crippen molar-refractivity contribution in [3.63, 3.8) is 0 Å². The molecule has 0 radical (unpaired) electrons. The van der Waals surface area contributed by atoms with Crippen molar-refractivity contribution < 1.29 is 173 Å². The van der Waals surface area contributed by atoms with E-state index in [0.717, 1.165) is 20.8 Å². The lowest BCUT2D eigenvalue weighted by Gasteiger charge is -2.51. The van der Waals surface area contributed by atoms with Crippen LogP contribution in [0.15, 0.2) is 0 Å². The van der Waals surface area contributed by atoms with Crippen LogP contribution in [0.25, 0.3) is 0 Å². The fourth-order valence-electron chi connectivity index (χ4n) is 11.3. The fraction of sp³-hybridized carbons (Fsp3) is 0.939. The number of rotatable bonds is 22. The average molecular weight is 1270 g/mol. The van der Waals surface area contributed by atoms with Gasteiger partial charge in [-0.25, -0.2) is 0 Å². The summed E-state index contributed by atoms with van der Waals surface area (Å²) < 4.78 is 76.3. The number of amides is 3. The molecule has 504 valence electrons. The molecule has 0 aliphatic carbocycles. The van der Waals surface area contributed by atoms with E-state index in [9.17, 15) is 111 Å². The van der Waals surface area contributed by atoms with Crippen molar-refractivity contribution in [2.75, 3.05) is 46.2 Å². The van der Waals surface area contributed by atoms with Gasteiger partial charge in [-0.1, -0.05) is 0 Å². The van der Waals surface area contributed by atoms with Crippen molar-refractivity contribution >= 4 is 17.7 Å². The number of nitrogens with one attached hydrogen (secondary N) is 3. The molecule has 0 aromatic carbocycles. The lowest BCUT2D eigenvalue weighted by atomic mass is 9.92. The Bertz CT molecular complexity index is 2180. The standard InChI is InChI=1S/C49H83N3O35/c1-12-23(50-13(2)59)30(66)39(19(8-56)76-12)83-44-24(51-14(3)60)31(67)41(21(10-58)80-44)85-48-38(74)42(29(65)22(82-48)11-75-46-36(72)33(69)26(62)16(5-53)77-46)86-49-43(35(71)28(64)18(7-55)79-49)87-45-25(52-15(4)61)32(68)40(20(9-57)81-45)84-47-37(73)34(70)27(63)17(6-54)78-47/h12,16-49,53-58,62-74H,5-11H2,1-4H3,(H,50,59)(H,51,60)(H,52,61)/t12-,16?,17?,18+,19?,20?,21?,22?,23?,24?,25?,26-,27-,28-,29-,30+,31+,32+,33-,34-,35?,36?,37?,38?,39-,40-,41-,42-,43?,44-,45-,46+,47-,48-,49-/m0/s1. The van der Waals surface area contributed by atoms with Crippen LogP contribution in [0.4, 0.5) is 0 Å². The highest BCUT2D eigenvalue weighted by Gasteiger charge is 2.59. The van der Waals surface area contributed by atoms with E-state index in [4.69, 9.17) is 61.6 Å².